The highest BCUT2D eigenvalue weighted by atomic mass is 79.9. The molecule has 1 aliphatic rings. The van der Waals surface area contributed by atoms with Gasteiger partial charge in [-0.15, -0.1) is 0 Å². The summed E-state index contributed by atoms with van der Waals surface area (Å²) in [6.07, 6.45) is 19.5. The molecule has 0 saturated heterocycles. The number of hydrogen-bond donors (Lipinski definition) is 0. The van der Waals surface area contributed by atoms with Crippen LogP contribution in [-0.4, -0.2) is 4.83 Å². The van der Waals surface area contributed by atoms with Gasteiger partial charge in [-0.1, -0.05) is 117 Å². The van der Waals surface area contributed by atoms with Gasteiger partial charge in [0.1, 0.15) is 0 Å². The largest absolute Gasteiger partial charge is 0.0990 e. The molecule has 0 saturated carbocycles. The summed E-state index contributed by atoms with van der Waals surface area (Å²) in [6.45, 7) is 5.92. The fourth-order valence-electron chi connectivity index (χ4n) is 2.73. The van der Waals surface area contributed by atoms with Crippen molar-refractivity contribution in [3.05, 3.63) is 113 Å². The number of allylic oxidation sites excluding steroid dienone is 13. The second-order valence-electron chi connectivity index (χ2n) is 5.54. The first-order valence-corrected chi connectivity index (χ1v) is 9.98. The molecule has 0 N–H and O–H groups in total. The van der Waals surface area contributed by atoms with E-state index >= 15 is 0 Å². The summed E-state index contributed by atoms with van der Waals surface area (Å²) in [4.78, 5) is 0.201. The van der Waals surface area contributed by atoms with Gasteiger partial charge in [0.15, 0.2) is 0 Å². The van der Waals surface area contributed by atoms with E-state index in [1.165, 1.54) is 16.7 Å². The second kappa shape index (κ2) is 10.4. The van der Waals surface area contributed by atoms with E-state index in [4.69, 9.17) is 0 Å². The lowest BCUT2D eigenvalue weighted by molar-refractivity contribution is 1.10. The molecule has 0 aromatic heterocycles. The highest BCUT2D eigenvalue weighted by Gasteiger charge is 2.20. The Morgan fingerprint density at radius 1 is 1.16 bits per heavy atom. The topological polar surface area (TPSA) is 0 Å². The average molecular weight is 458 g/mol. The van der Waals surface area contributed by atoms with Crippen molar-refractivity contribution >= 4 is 37.4 Å². The summed E-state index contributed by atoms with van der Waals surface area (Å²) in [5.74, 6) is 0. The molecule has 1 aromatic rings. The Labute approximate surface area is 168 Å². The molecule has 0 amide bonds. The van der Waals surface area contributed by atoms with Gasteiger partial charge in [0.2, 0.25) is 0 Å². The zero-order valence-electron chi connectivity index (χ0n) is 14.3. The predicted molar refractivity (Wildman–Crippen MR) is 119 cm³/mol. The average Bonchev–Trinajstić information content (AvgIpc) is 2.62. The third-order valence-corrected chi connectivity index (χ3v) is 5.27. The van der Waals surface area contributed by atoms with Crippen LogP contribution in [0.5, 0.6) is 0 Å². The van der Waals surface area contributed by atoms with Crippen molar-refractivity contribution < 1.29 is 0 Å². The molecule has 0 nitrogen and oxygen atoms in total. The van der Waals surface area contributed by atoms with Gasteiger partial charge in [0.05, 0.1) is 0 Å². The molecule has 1 aromatic carbocycles. The van der Waals surface area contributed by atoms with E-state index in [1.54, 1.807) is 0 Å². The Balaban J connectivity index is 2.84. The summed E-state index contributed by atoms with van der Waals surface area (Å²) in [7, 11) is 0. The molecule has 0 radical (unpaired) electrons. The van der Waals surface area contributed by atoms with Gasteiger partial charge in [0.25, 0.3) is 0 Å². The van der Waals surface area contributed by atoms with Gasteiger partial charge in [-0.25, -0.2) is 0 Å². The van der Waals surface area contributed by atoms with Crippen LogP contribution >= 0.6 is 31.9 Å². The van der Waals surface area contributed by atoms with Crippen LogP contribution in [0.25, 0.3) is 5.57 Å². The van der Waals surface area contributed by atoms with Crippen LogP contribution in [0.3, 0.4) is 0 Å². The first kappa shape index (κ1) is 19.7. The third kappa shape index (κ3) is 5.42. The minimum atomic E-state index is 0.201. The fourth-order valence-corrected chi connectivity index (χ4v) is 4.04. The van der Waals surface area contributed by atoms with E-state index in [1.807, 2.05) is 19.1 Å². The number of alkyl halides is 1. The maximum atomic E-state index is 3.92. The first-order chi connectivity index (χ1) is 12.2. The molecule has 25 heavy (non-hydrogen) atoms. The van der Waals surface area contributed by atoms with Gasteiger partial charge in [-0.3, -0.25) is 0 Å². The summed E-state index contributed by atoms with van der Waals surface area (Å²) < 4.78 is 1.05. The summed E-state index contributed by atoms with van der Waals surface area (Å²) in [5.41, 5.74) is 4.77. The standard InChI is InChI=1S/C23H22Br2/c1-3-12-18(13-4-2)22-20(24)16-10-5-6-11-17-21(25)23(22)19-14-8-7-9-15-19/h3-16,21H,1,17H2,2H3/b10-5+,11-6-,13-4-,18-12+,20-16+,23-22+. The number of rotatable bonds is 4. The summed E-state index contributed by atoms with van der Waals surface area (Å²) >= 11 is 7.72. The van der Waals surface area contributed by atoms with Crippen LogP contribution in [0, 0.1) is 0 Å². The predicted octanol–water partition coefficient (Wildman–Crippen LogP) is 7.69. The number of benzene rings is 1. The lowest BCUT2D eigenvalue weighted by Crippen LogP contribution is -2.07. The highest BCUT2D eigenvalue weighted by Crippen LogP contribution is 2.39. The minimum Gasteiger partial charge on any atom is -0.0990 e. The van der Waals surface area contributed by atoms with E-state index in [9.17, 15) is 0 Å². The molecular weight excluding hydrogens is 436 g/mol. The fraction of sp³-hybridized carbons (Fsp3) is 0.130. The second-order valence-corrected chi connectivity index (χ2v) is 7.50. The van der Waals surface area contributed by atoms with Crippen molar-refractivity contribution in [2.24, 2.45) is 0 Å². The molecule has 1 atom stereocenters. The smallest absolute Gasteiger partial charge is 0.0442 e. The Morgan fingerprint density at radius 2 is 1.92 bits per heavy atom. The highest BCUT2D eigenvalue weighted by molar-refractivity contribution is 9.12. The van der Waals surface area contributed by atoms with Gasteiger partial charge < -0.3 is 0 Å². The molecule has 2 rings (SSSR count). The monoisotopic (exact) mass is 456 g/mol. The molecule has 0 aliphatic heterocycles. The van der Waals surface area contributed by atoms with Crippen LogP contribution in [0.1, 0.15) is 18.9 Å². The lowest BCUT2D eigenvalue weighted by atomic mass is 9.90. The molecule has 1 aliphatic carbocycles. The van der Waals surface area contributed by atoms with E-state index in [-0.39, 0.29) is 4.83 Å². The zero-order valence-corrected chi connectivity index (χ0v) is 17.5. The quantitative estimate of drug-likeness (QED) is 0.321. The lowest BCUT2D eigenvalue weighted by Gasteiger charge is -2.21. The van der Waals surface area contributed by atoms with Crippen LogP contribution in [-0.2, 0) is 0 Å². The maximum absolute atomic E-state index is 3.92. The summed E-state index contributed by atoms with van der Waals surface area (Å²) in [6, 6.07) is 10.5. The minimum absolute atomic E-state index is 0.201. The van der Waals surface area contributed by atoms with Crippen molar-refractivity contribution in [2.75, 3.05) is 0 Å². The maximum Gasteiger partial charge on any atom is 0.0442 e. The first-order valence-electron chi connectivity index (χ1n) is 8.27. The van der Waals surface area contributed by atoms with Gasteiger partial charge >= 0.3 is 0 Å². The van der Waals surface area contributed by atoms with E-state index < -0.39 is 0 Å². The molecule has 2 heteroatoms. The normalized spacial score (nSPS) is 26.8. The number of halogens is 2. The summed E-state index contributed by atoms with van der Waals surface area (Å²) in [5, 5.41) is 0. The van der Waals surface area contributed by atoms with Crippen molar-refractivity contribution in [2.45, 2.75) is 18.2 Å². The van der Waals surface area contributed by atoms with Crippen molar-refractivity contribution in [3.8, 4) is 0 Å². The van der Waals surface area contributed by atoms with E-state index in [2.05, 4.69) is 111 Å². The van der Waals surface area contributed by atoms with E-state index in [0.717, 1.165) is 16.5 Å². The third-order valence-electron chi connectivity index (χ3n) is 3.78. The molecule has 0 heterocycles. The SMILES string of the molecule is C=C/C=C(\C=C/C)C1=C(/c2ccccc2)C(Br)C\C=C/C=C/C=C\1Br. The van der Waals surface area contributed by atoms with Crippen molar-refractivity contribution in [3.63, 3.8) is 0 Å². The van der Waals surface area contributed by atoms with Crippen molar-refractivity contribution in [1.29, 1.82) is 0 Å². The molecule has 0 fully saturated rings. The number of hydrogen-bond acceptors (Lipinski definition) is 0. The Hall–Kier alpha value is -1.64. The Kier molecular flexibility index (Phi) is 8.17. The molecule has 0 spiro atoms. The van der Waals surface area contributed by atoms with Crippen LogP contribution < -0.4 is 0 Å². The molecular formula is C23H22Br2. The van der Waals surface area contributed by atoms with Crippen LogP contribution in [0.4, 0.5) is 0 Å². The Bertz CT molecular complexity index is 772. The van der Waals surface area contributed by atoms with Crippen LogP contribution in [0.2, 0.25) is 0 Å². The molecule has 1 unspecified atom stereocenters. The van der Waals surface area contributed by atoms with E-state index in [0.29, 0.717) is 0 Å². The van der Waals surface area contributed by atoms with Gasteiger partial charge in [0, 0.05) is 14.9 Å². The zero-order chi connectivity index (χ0) is 18.1. The van der Waals surface area contributed by atoms with Gasteiger partial charge in [-0.05, 0) is 36.1 Å². The van der Waals surface area contributed by atoms with Gasteiger partial charge in [-0.2, -0.15) is 0 Å². The molecule has 0 bridgehead atoms. The molecule has 128 valence electrons. The van der Waals surface area contributed by atoms with Crippen molar-refractivity contribution in [1.82, 2.24) is 0 Å². The Morgan fingerprint density at radius 3 is 2.60 bits per heavy atom. The van der Waals surface area contributed by atoms with Crippen LogP contribution in [0.15, 0.2) is 107 Å².